The van der Waals surface area contributed by atoms with Crippen molar-refractivity contribution in [1.82, 2.24) is 0 Å². The molecule has 0 aromatic heterocycles. The molecule has 0 saturated carbocycles. The Morgan fingerprint density at radius 2 is 1.83 bits per heavy atom. The fraction of sp³-hybridized carbons (Fsp3) is 0.263. The number of Topliss-reactive ketones (excluding diaryl/α,β-unsaturated/α-hetero) is 1. The predicted octanol–water partition coefficient (Wildman–Crippen LogP) is 3.46. The van der Waals surface area contributed by atoms with E-state index in [0.29, 0.717) is 30.0 Å². The predicted molar refractivity (Wildman–Crippen MR) is 88.8 cm³/mol. The zero-order valence-corrected chi connectivity index (χ0v) is 13.6. The van der Waals surface area contributed by atoms with Gasteiger partial charge >= 0.3 is 0 Å². The number of methoxy groups -OCH3 is 1. The van der Waals surface area contributed by atoms with Crippen molar-refractivity contribution in [3.05, 3.63) is 59.9 Å². The van der Waals surface area contributed by atoms with Gasteiger partial charge in [-0.05, 0) is 49.7 Å². The van der Waals surface area contributed by atoms with E-state index in [2.05, 4.69) is 0 Å². The van der Waals surface area contributed by atoms with Gasteiger partial charge in [-0.3, -0.25) is 9.59 Å². The van der Waals surface area contributed by atoms with Crippen LogP contribution < -0.4 is 9.64 Å². The summed E-state index contributed by atoms with van der Waals surface area (Å²) < 4.78 is 18.4. The monoisotopic (exact) mass is 327 g/mol. The second-order valence-corrected chi connectivity index (χ2v) is 6.05. The Morgan fingerprint density at radius 1 is 1.17 bits per heavy atom. The average Bonchev–Trinajstić information content (AvgIpc) is 2.91. The first kappa shape index (κ1) is 16.2. The number of anilines is 1. The minimum atomic E-state index is -1.15. The van der Waals surface area contributed by atoms with Gasteiger partial charge in [-0.2, -0.15) is 0 Å². The largest absolute Gasteiger partial charge is 0.495 e. The molecule has 1 saturated heterocycles. The van der Waals surface area contributed by atoms with Gasteiger partial charge in [-0.1, -0.05) is 12.1 Å². The molecule has 24 heavy (non-hydrogen) atoms. The molecule has 1 amide bonds. The minimum absolute atomic E-state index is 0.263. The lowest BCUT2D eigenvalue weighted by molar-refractivity contribution is -0.122. The number of benzene rings is 2. The van der Waals surface area contributed by atoms with Crippen LogP contribution in [0.2, 0.25) is 0 Å². The molecule has 1 unspecified atom stereocenters. The molecule has 0 bridgehead atoms. The van der Waals surface area contributed by atoms with Gasteiger partial charge in [0.05, 0.1) is 12.8 Å². The quantitative estimate of drug-likeness (QED) is 0.638. The molecule has 1 atom stereocenters. The van der Waals surface area contributed by atoms with Crippen molar-refractivity contribution >= 4 is 17.4 Å². The zero-order valence-electron chi connectivity index (χ0n) is 13.6. The summed E-state index contributed by atoms with van der Waals surface area (Å²) in [5.41, 5.74) is -0.159. The Kier molecular flexibility index (Phi) is 4.09. The lowest BCUT2D eigenvalue weighted by Gasteiger charge is -2.23. The Bertz CT molecular complexity index is 787. The van der Waals surface area contributed by atoms with Gasteiger partial charge in [0.25, 0.3) is 0 Å². The van der Waals surface area contributed by atoms with Gasteiger partial charge in [-0.25, -0.2) is 4.39 Å². The summed E-state index contributed by atoms with van der Waals surface area (Å²) in [6.45, 7) is 2.08. The third-order valence-electron chi connectivity index (χ3n) is 4.54. The number of amides is 1. The fourth-order valence-corrected chi connectivity index (χ4v) is 3.05. The van der Waals surface area contributed by atoms with E-state index in [9.17, 15) is 14.0 Å². The van der Waals surface area contributed by atoms with Crippen LogP contribution in [0.15, 0.2) is 48.5 Å². The first-order valence-electron chi connectivity index (χ1n) is 7.73. The van der Waals surface area contributed by atoms with Crippen molar-refractivity contribution in [2.75, 3.05) is 18.6 Å². The second-order valence-electron chi connectivity index (χ2n) is 6.05. The molecule has 2 aromatic carbocycles. The molecule has 0 N–H and O–H groups in total. The van der Waals surface area contributed by atoms with Crippen molar-refractivity contribution in [1.29, 1.82) is 0 Å². The summed E-state index contributed by atoms with van der Waals surface area (Å²) in [6, 6.07) is 12.5. The third-order valence-corrected chi connectivity index (χ3v) is 4.54. The number of nitrogens with zero attached hydrogens (tertiary/aromatic N) is 1. The molecule has 124 valence electrons. The van der Waals surface area contributed by atoms with E-state index in [1.54, 1.807) is 31.1 Å². The molecule has 4 nitrogen and oxygen atoms in total. The number of ether oxygens (including phenoxy) is 1. The smallest absolute Gasteiger partial charge is 0.240 e. The van der Waals surface area contributed by atoms with E-state index in [4.69, 9.17) is 4.74 Å². The lowest BCUT2D eigenvalue weighted by Crippen LogP contribution is -2.38. The standard InChI is InChI=1S/C19H18FNO3/c1-19(17(22)13-7-9-14(20)10-8-13)11-12-21(18(19)23)15-5-3-4-6-16(15)24-2/h3-10H,11-12H2,1-2H3. The topological polar surface area (TPSA) is 46.6 Å². The van der Waals surface area contributed by atoms with Gasteiger partial charge < -0.3 is 9.64 Å². The maximum absolute atomic E-state index is 13.1. The second kappa shape index (κ2) is 6.07. The van der Waals surface area contributed by atoms with Crippen LogP contribution in [-0.4, -0.2) is 25.3 Å². The molecule has 0 spiro atoms. The summed E-state index contributed by atoms with van der Waals surface area (Å²) in [7, 11) is 1.54. The molecule has 2 aromatic rings. The minimum Gasteiger partial charge on any atom is -0.495 e. The zero-order chi connectivity index (χ0) is 17.3. The van der Waals surface area contributed by atoms with E-state index in [1.165, 1.54) is 24.3 Å². The SMILES string of the molecule is COc1ccccc1N1CCC(C)(C(=O)c2ccc(F)cc2)C1=O. The van der Waals surface area contributed by atoms with Crippen molar-refractivity contribution in [3.8, 4) is 5.75 Å². The lowest BCUT2D eigenvalue weighted by atomic mass is 9.81. The summed E-state index contributed by atoms with van der Waals surface area (Å²) in [5.74, 6) is -0.374. The Hall–Kier alpha value is -2.69. The van der Waals surface area contributed by atoms with Gasteiger partial charge in [0.2, 0.25) is 5.91 Å². The number of para-hydroxylation sites is 2. The first-order valence-corrected chi connectivity index (χ1v) is 7.73. The molecule has 1 aliphatic rings. The number of ketones is 1. The molecule has 1 heterocycles. The van der Waals surface area contributed by atoms with Crippen molar-refractivity contribution in [3.63, 3.8) is 0 Å². The Morgan fingerprint density at radius 3 is 2.50 bits per heavy atom. The van der Waals surface area contributed by atoms with Crippen LogP contribution in [0.25, 0.3) is 0 Å². The van der Waals surface area contributed by atoms with Crippen LogP contribution in [0.1, 0.15) is 23.7 Å². The number of hydrogen-bond donors (Lipinski definition) is 0. The highest BCUT2D eigenvalue weighted by Gasteiger charge is 2.49. The summed E-state index contributed by atoms with van der Waals surface area (Å²) >= 11 is 0. The number of halogens is 1. The average molecular weight is 327 g/mol. The third kappa shape index (κ3) is 2.56. The number of carbonyl (C=O) groups excluding carboxylic acids is 2. The molecule has 1 aliphatic heterocycles. The molecule has 1 fully saturated rings. The highest BCUT2D eigenvalue weighted by molar-refractivity contribution is 6.19. The van der Waals surface area contributed by atoms with Crippen LogP contribution >= 0.6 is 0 Å². The highest BCUT2D eigenvalue weighted by Crippen LogP contribution is 2.40. The maximum atomic E-state index is 13.1. The van der Waals surface area contributed by atoms with Crippen molar-refractivity contribution in [2.45, 2.75) is 13.3 Å². The molecular formula is C19H18FNO3. The van der Waals surface area contributed by atoms with E-state index in [-0.39, 0.29) is 11.7 Å². The molecule has 3 rings (SSSR count). The Balaban J connectivity index is 1.92. The van der Waals surface area contributed by atoms with Gasteiger partial charge in [0.15, 0.2) is 5.78 Å². The van der Waals surface area contributed by atoms with Gasteiger partial charge in [0, 0.05) is 12.1 Å². The van der Waals surface area contributed by atoms with E-state index >= 15 is 0 Å². The number of rotatable bonds is 4. The van der Waals surface area contributed by atoms with Crippen LogP contribution in [0, 0.1) is 11.2 Å². The molecule has 0 radical (unpaired) electrons. The van der Waals surface area contributed by atoms with Crippen LogP contribution in [0.4, 0.5) is 10.1 Å². The van der Waals surface area contributed by atoms with Crippen molar-refractivity contribution in [2.24, 2.45) is 5.41 Å². The van der Waals surface area contributed by atoms with Crippen LogP contribution in [0.3, 0.4) is 0 Å². The first-order chi connectivity index (χ1) is 11.5. The number of carbonyl (C=O) groups is 2. The summed E-state index contributed by atoms with van der Waals surface area (Å²) in [6.07, 6.45) is 0.403. The van der Waals surface area contributed by atoms with Gasteiger partial charge in [0.1, 0.15) is 17.0 Å². The maximum Gasteiger partial charge on any atom is 0.240 e. The van der Waals surface area contributed by atoms with E-state index < -0.39 is 11.2 Å². The van der Waals surface area contributed by atoms with Crippen molar-refractivity contribution < 1.29 is 18.7 Å². The Labute approximate surface area is 139 Å². The van der Waals surface area contributed by atoms with E-state index in [0.717, 1.165) is 0 Å². The fourth-order valence-electron chi connectivity index (χ4n) is 3.05. The summed E-state index contributed by atoms with van der Waals surface area (Å²) in [4.78, 5) is 27.4. The molecule has 5 heteroatoms. The molecular weight excluding hydrogens is 309 g/mol. The number of hydrogen-bond acceptors (Lipinski definition) is 3. The van der Waals surface area contributed by atoms with Crippen LogP contribution in [0.5, 0.6) is 5.75 Å². The molecule has 0 aliphatic carbocycles. The summed E-state index contributed by atoms with van der Waals surface area (Å²) in [5, 5.41) is 0. The van der Waals surface area contributed by atoms with Crippen LogP contribution in [-0.2, 0) is 4.79 Å². The van der Waals surface area contributed by atoms with E-state index in [1.807, 2.05) is 12.1 Å². The highest BCUT2D eigenvalue weighted by atomic mass is 19.1. The normalized spacial score (nSPS) is 20.3. The van der Waals surface area contributed by atoms with Gasteiger partial charge in [-0.15, -0.1) is 0 Å².